The van der Waals surface area contributed by atoms with Crippen LogP contribution in [0.15, 0.2) is 12.3 Å². The van der Waals surface area contributed by atoms with Gasteiger partial charge in [0.1, 0.15) is 22.5 Å². The van der Waals surface area contributed by atoms with Crippen molar-refractivity contribution in [1.82, 2.24) is 19.4 Å². The normalized spacial score (nSPS) is 21.2. The van der Waals surface area contributed by atoms with Crippen LogP contribution in [-0.2, 0) is 21.4 Å². The first-order valence-electron chi connectivity index (χ1n) is 14.2. The minimum Gasteiger partial charge on any atom is -0.444 e. The molecule has 4 rings (SSSR count). The van der Waals surface area contributed by atoms with Gasteiger partial charge in [-0.15, -0.1) is 0 Å². The highest BCUT2D eigenvalue weighted by Gasteiger charge is 2.48. The zero-order valence-corrected chi connectivity index (χ0v) is 24.8. The third-order valence-electron chi connectivity index (χ3n) is 7.95. The van der Waals surface area contributed by atoms with E-state index in [0.717, 1.165) is 37.0 Å². The molecule has 2 unspecified atom stereocenters. The van der Waals surface area contributed by atoms with Crippen LogP contribution in [0.2, 0.25) is 0 Å². The van der Waals surface area contributed by atoms with Crippen molar-refractivity contribution in [3.63, 3.8) is 0 Å². The van der Waals surface area contributed by atoms with Crippen molar-refractivity contribution in [2.75, 3.05) is 6.61 Å². The molecule has 2 aromatic rings. The fraction of sp³-hybridized carbons (Fsp3) is 0.733. The molecule has 38 heavy (non-hydrogen) atoms. The summed E-state index contributed by atoms with van der Waals surface area (Å²) in [7, 11) is 0. The van der Waals surface area contributed by atoms with E-state index in [1.165, 1.54) is 5.69 Å². The number of aryl methyl sites for hydroxylation is 1. The number of amides is 1. The van der Waals surface area contributed by atoms with E-state index in [-0.39, 0.29) is 29.3 Å². The first-order valence-corrected chi connectivity index (χ1v) is 14.2. The maximum atomic E-state index is 13.2. The van der Waals surface area contributed by atoms with Crippen molar-refractivity contribution < 1.29 is 19.1 Å². The SMILES string of the molecule is CC(C)CC(CCCC(=O)c1cnc2cc3n(c2n1)CCC3(C)C)C1COC(C)(C)N1C(=O)OC(C)(C)C. The first kappa shape index (κ1) is 28.5. The fourth-order valence-electron chi connectivity index (χ4n) is 6.02. The van der Waals surface area contributed by atoms with Gasteiger partial charge in [0.2, 0.25) is 0 Å². The predicted octanol–water partition coefficient (Wildman–Crippen LogP) is 6.50. The van der Waals surface area contributed by atoms with Gasteiger partial charge in [-0.1, -0.05) is 27.7 Å². The van der Waals surface area contributed by atoms with E-state index in [1.807, 2.05) is 34.6 Å². The number of ketones is 1. The lowest BCUT2D eigenvalue weighted by atomic mass is 9.85. The van der Waals surface area contributed by atoms with E-state index >= 15 is 0 Å². The zero-order valence-electron chi connectivity index (χ0n) is 24.8. The quantitative estimate of drug-likeness (QED) is 0.365. The lowest BCUT2D eigenvalue weighted by Gasteiger charge is -2.38. The maximum Gasteiger partial charge on any atom is 0.412 e. The molecule has 2 atom stereocenters. The van der Waals surface area contributed by atoms with Crippen LogP contribution < -0.4 is 0 Å². The Bertz CT molecular complexity index is 1190. The Balaban J connectivity index is 1.45. The number of carbonyl (C=O) groups is 2. The molecule has 0 saturated carbocycles. The van der Waals surface area contributed by atoms with Crippen molar-refractivity contribution in [3.8, 4) is 0 Å². The second-order valence-electron chi connectivity index (χ2n) is 13.7. The smallest absolute Gasteiger partial charge is 0.412 e. The Hall–Kier alpha value is -2.48. The number of nitrogens with zero attached hydrogens (tertiary/aromatic N) is 4. The summed E-state index contributed by atoms with van der Waals surface area (Å²) in [6, 6.07) is 2.02. The average molecular weight is 527 g/mol. The van der Waals surface area contributed by atoms with Gasteiger partial charge < -0.3 is 14.0 Å². The molecule has 8 heteroatoms. The lowest BCUT2D eigenvalue weighted by Crippen LogP contribution is -2.52. The van der Waals surface area contributed by atoms with Gasteiger partial charge in [0.15, 0.2) is 11.4 Å². The highest BCUT2D eigenvalue weighted by molar-refractivity contribution is 5.95. The monoisotopic (exact) mass is 526 g/mol. The van der Waals surface area contributed by atoms with E-state index in [0.29, 0.717) is 31.1 Å². The fourth-order valence-corrected chi connectivity index (χ4v) is 6.02. The van der Waals surface area contributed by atoms with E-state index in [2.05, 4.69) is 43.3 Å². The van der Waals surface area contributed by atoms with Crippen LogP contribution >= 0.6 is 0 Å². The summed E-state index contributed by atoms with van der Waals surface area (Å²) in [5.74, 6) is 0.665. The zero-order chi connectivity index (χ0) is 28.0. The molecular formula is C30H46N4O4. The molecule has 2 aliphatic heterocycles. The van der Waals surface area contributed by atoms with E-state index in [1.54, 1.807) is 11.1 Å². The number of hydrogen-bond donors (Lipinski definition) is 0. The molecule has 2 aromatic heterocycles. The van der Waals surface area contributed by atoms with Gasteiger partial charge in [0, 0.05) is 24.1 Å². The third-order valence-corrected chi connectivity index (χ3v) is 7.95. The molecule has 1 fully saturated rings. The van der Waals surface area contributed by atoms with Gasteiger partial charge in [-0.05, 0) is 78.2 Å². The highest BCUT2D eigenvalue weighted by atomic mass is 16.6. The molecule has 0 bridgehead atoms. The second-order valence-corrected chi connectivity index (χ2v) is 13.7. The molecule has 2 aliphatic rings. The van der Waals surface area contributed by atoms with Gasteiger partial charge >= 0.3 is 6.09 Å². The van der Waals surface area contributed by atoms with Crippen molar-refractivity contribution in [2.24, 2.45) is 11.8 Å². The van der Waals surface area contributed by atoms with Crippen molar-refractivity contribution in [2.45, 2.75) is 124 Å². The Morgan fingerprint density at radius 2 is 1.92 bits per heavy atom. The highest BCUT2D eigenvalue weighted by Crippen LogP contribution is 2.38. The molecule has 8 nitrogen and oxygen atoms in total. The van der Waals surface area contributed by atoms with Crippen LogP contribution in [0.1, 0.15) is 111 Å². The van der Waals surface area contributed by atoms with Crippen LogP contribution in [0.3, 0.4) is 0 Å². The van der Waals surface area contributed by atoms with Gasteiger partial charge in [-0.3, -0.25) is 14.7 Å². The third kappa shape index (κ3) is 5.90. The lowest BCUT2D eigenvalue weighted by molar-refractivity contribution is -0.0649. The minimum atomic E-state index is -0.741. The average Bonchev–Trinajstić information content (AvgIpc) is 3.41. The molecule has 210 valence electrons. The summed E-state index contributed by atoms with van der Waals surface area (Å²) in [5.41, 5.74) is 2.12. The molecule has 0 spiro atoms. The summed E-state index contributed by atoms with van der Waals surface area (Å²) in [4.78, 5) is 37.5. The summed E-state index contributed by atoms with van der Waals surface area (Å²) >= 11 is 0. The standard InChI is InChI=1S/C30H46N4O4/c1-19(2)15-20(23-18-37-30(8,9)34(23)27(36)38-28(3,4)5)11-10-12-24(35)22-17-31-21-16-25-29(6,7)13-14-33(25)26(21)32-22/h16-17,19-20,23H,10-15,18H2,1-9H3. The van der Waals surface area contributed by atoms with Gasteiger partial charge in [0.05, 0.1) is 18.8 Å². The van der Waals surface area contributed by atoms with Crippen LogP contribution in [0.5, 0.6) is 0 Å². The Labute approximate surface area is 227 Å². The van der Waals surface area contributed by atoms with Crippen LogP contribution in [0.25, 0.3) is 11.2 Å². The van der Waals surface area contributed by atoms with Crippen molar-refractivity contribution in [1.29, 1.82) is 0 Å². The molecular weight excluding hydrogens is 480 g/mol. The summed E-state index contributed by atoms with van der Waals surface area (Å²) < 4.78 is 14.0. The molecule has 1 amide bonds. The Morgan fingerprint density at radius 3 is 2.58 bits per heavy atom. The minimum absolute atomic E-state index is 0.0162. The van der Waals surface area contributed by atoms with Crippen molar-refractivity contribution >= 4 is 23.0 Å². The predicted molar refractivity (Wildman–Crippen MR) is 148 cm³/mol. The van der Waals surface area contributed by atoms with Gasteiger partial charge in [0.25, 0.3) is 0 Å². The number of carbonyl (C=O) groups excluding carboxylic acids is 2. The number of fused-ring (bicyclic) bond motifs is 3. The summed E-state index contributed by atoms with van der Waals surface area (Å²) in [5, 5.41) is 0. The number of hydrogen-bond acceptors (Lipinski definition) is 6. The Morgan fingerprint density at radius 1 is 1.21 bits per heavy atom. The Kier molecular flexibility index (Phi) is 7.69. The van der Waals surface area contributed by atoms with Crippen molar-refractivity contribution in [3.05, 3.63) is 23.7 Å². The van der Waals surface area contributed by atoms with Gasteiger partial charge in [-0.25, -0.2) is 9.78 Å². The molecule has 0 radical (unpaired) electrons. The number of ether oxygens (including phenoxy) is 2. The van der Waals surface area contributed by atoms with E-state index in [9.17, 15) is 9.59 Å². The molecule has 0 aliphatic carbocycles. The molecule has 0 aromatic carbocycles. The van der Waals surface area contributed by atoms with E-state index in [4.69, 9.17) is 14.5 Å². The number of aromatic nitrogens is 3. The number of Topliss-reactive ketones (excluding diaryl/α,β-unsaturated/α-hetero) is 1. The maximum absolute atomic E-state index is 13.2. The van der Waals surface area contributed by atoms with E-state index < -0.39 is 11.3 Å². The van der Waals surface area contributed by atoms with Gasteiger partial charge in [-0.2, -0.15) is 0 Å². The molecule has 4 heterocycles. The van der Waals surface area contributed by atoms with Crippen LogP contribution in [0, 0.1) is 11.8 Å². The topological polar surface area (TPSA) is 86.6 Å². The van der Waals surface area contributed by atoms with Crippen LogP contribution in [-0.4, -0.2) is 55.3 Å². The van der Waals surface area contributed by atoms with Crippen LogP contribution in [0.4, 0.5) is 4.79 Å². The first-order chi connectivity index (χ1) is 17.6. The molecule has 0 N–H and O–H groups in total. The number of rotatable bonds is 8. The second kappa shape index (κ2) is 10.2. The molecule has 1 saturated heterocycles. The summed E-state index contributed by atoms with van der Waals surface area (Å²) in [6.45, 7) is 19.7. The largest absolute Gasteiger partial charge is 0.444 e. The summed E-state index contributed by atoms with van der Waals surface area (Å²) in [6.07, 6.45) is 5.22.